The zero-order valence-corrected chi connectivity index (χ0v) is 16.7. The molecule has 162 valence electrons. The van der Waals surface area contributed by atoms with Crippen LogP contribution in [0.5, 0.6) is 5.75 Å². The number of aromatic nitrogens is 2. The van der Waals surface area contributed by atoms with Gasteiger partial charge in [-0.25, -0.2) is 0 Å². The number of nitrogens with zero attached hydrogens (tertiary/aromatic N) is 4. The van der Waals surface area contributed by atoms with E-state index in [0.717, 1.165) is 0 Å². The number of nitrogens with one attached hydrogen (secondary N) is 1. The molecule has 31 heavy (non-hydrogen) atoms. The highest BCUT2D eigenvalue weighted by molar-refractivity contribution is 5.91. The van der Waals surface area contributed by atoms with Gasteiger partial charge in [0.15, 0.2) is 11.5 Å². The normalized spacial score (nSPS) is 10.6. The van der Waals surface area contributed by atoms with Crippen molar-refractivity contribution in [3.63, 3.8) is 0 Å². The molecule has 12 heteroatoms. The second kappa shape index (κ2) is 9.07. The second-order valence-electron chi connectivity index (χ2n) is 6.54. The lowest BCUT2D eigenvalue weighted by Gasteiger charge is -2.06. The van der Waals surface area contributed by atoms with E-state index in [-0.39, 0.29) is 42.6 Å². The Morgan fingerprint density at radius 3 is 2.58 bits per heavy atom. The van der Waals surface area contributed by atoms with Crippen LogP contribution < -0.4 is 10.1 Å². The minimum atomic E-state index is -0.548. The van der Waals surface area contributed by atoms with Crippen molar-refractivity contribution >= 4 is 17.3 Å². The molecule has 1 amide bonds. The summed E-state index contributed by atoms with van der Waals surface area (Å²) >= 11 is 0. The highest BCUT2D eigenvalue weighted by Crippen LogP contribution is 2.27. The van der Waals surface area contributed by atoms with Crippen molar-refractivity contribution in [3.8, 4) is 5.75 Å². The van der Waals surface area contributed by atoms with Crippen LogP contribution in [0.4, 0.5) is 11.4 Å². The van der Waals surface area contributed by atoms with Gasteiger partial charge in [-0.2, -0.15) is 5.10 Å². The van der Waals surface area contributed by atoms with Crippen LogP contribution in [0.25, 0.3) is 0 Å². The number of ether oxygens (including phenoxy) is 1. The Kier molecular flexibility index (Phi) is 6.29. The van der Waals surface area contributed by atoms with Crippen LogP contribution in [0.2, 0.25) is 0 Å². The van der Waals surface area contributed by atoms with Gasteiger partial charge in [0.05, 0.1) is 16.4 Å². The number of para-hydroxylation sites is 2. The fourth-order valence-electron chi connectivity index (χ4n) is 2.99. The molecule has 0 spiro atoms. The van der Waals surface area contributed by atoms with E-state index in [1.54, 1.807) is 19.9 Å². The predicted molar refractivity (Wildman–Crippen MR) is 107 cm³/mol. The summed E-state index contributed by atoms with van der Waals surface area (Å²) in [5, 5.41) is 28.8. The molecule has 0 aliphatic rings. The van der Waals surface area contributed by atoms with E-state index in [4.69, 9.17) is 9.15 Å². The molecule has 0 bridgehead atoms. The number of benzene rings is 1. The molecule has 0 aliphatic heterocycles. The molecule has 3 rings (SSSR count). The standard InChI is InChI=1S/C19H19N5O7/c1-12-18(24(28)29)13(2)22(21-12)10-9-20-19(25)17-8-7-14(31-17)11-30-16-6-4-3-5-15(16)23(26)27/h3-8H,9-11H2,1-2H3,(H,20,25). The van der Waals surface area contributed by atoms with Crippen molar-refractivity contribution in [2.75, 3.05) is 6.54 Å². The van der Waals surface area contributed by atoms with Gasteiger partial charge in [0.2, 0.25) is 0 Å². The van der Waals surface area contributed by atoms with E-state index in [1.165, 1.54) is 35.0 Å². The number of rotatable bonds is 9. The number of aryl methyl sites for hydroxylation is 1. The van der Waals surface area contributed by atoms with Crippen molar-refractivity contribution in [1.82, 2.24) is 15.1 Å². The minimum absolute atomic E-state index is 0.0411. The van der Waals surface area contributed by atoms with Gasteiger partial charge in [-0.3, -0.25) is 29.7 Å². The van der Waals surface area contributed by atoms with Crippen molar-refractivity contribution < 1.29 is 23.8 Å². The Balaban J connectivity index is 1.55. The first-order valence-electron chi connectivity index (χ1n) is 9.19. The molecular formula is C19H19N5O7. The molecule has 0 aliphatic carbocycles. The third kappa shape index (κ3) is 4.86. The maximum Gasteiger partial charge on any atom is 0.312 e. The first-order valence-corrected chi connectivity index (χ1v) is 9.19. The molecule has 2 aromatic heterocycles. The Morgan fingerprint density at radius 2 is 1.90 bits per heavy atom. The lowest BCUT2D eigenvalue weighted by atomic mass is 10.3. The second-order valence-corrected chi connectivity index (χ2v) is 6.54. The lowest BCUT2D eigenvalue weighted by Crippen LogP contribution is -2.27. The molecular weight excluding hydrogens is 410 g/mol. The van der Waals surface area contributed by atoms with Gasteiger partial charge in [0, 0.05) is 12.6 Å². The number of hydrogen-bond donors (Lipinski definition) is 1. The van der Waals surface area contributed by atoms with Crippen LogP contribution in [0.15, 0.2) is 40.8 Å². The summed E-state index contributed by atoms with van der Waals surface area (Å²) in [5.41, 5.74) is 0.504. The number of nitro groups is 2. The highest BCUT2D eigenvalue weighted by Gasteiger charge is 2.21. The molecule has 0 saturated heterocycles. The van der Waals surface area contributed by atoms with Crippen LogP contribution in [0.1, 0.15) is 27.7 Å². The average molecular weight is 429 g/mol. The van der Waals surface area contributed by atoms with Gasteiger partial charge in [-0.1, -0.05) is 12.1 Å². The zero-order valence-electron chi connectivity index (χ0n) is 16.7. The number of carbonyl (C=O) groups is 1. The number of hydrogen-bond acceptors (Lipinski definition) is 8. The van der Waals surface area contributed by atoms with Gasteiger partial charge in [-0.05, 0) is 32.0 Å². The maximum absolute atomic E-state index is 12.3. The van der Waals surface area contributed by atoms with Crippen molar-refractivity contribution in [2.45, 2.75) is 27.0 Å². The molecule has 0 unspecified atom stereocenters. The number of furan rings is 1. The smallest absolute Gasteiger partial charge is 0.312 e. The SMILES string of the molecule is Cc1nn(CCNC(=O)c2ccc(COc3ccccc3[N+](=O)[O-])o2)c(C)c1[N+](=O)[O-]. The molecule has 2 heterocycles. The molecule has 0 fully saturated rings. The van der Waals surface area contributed by atoms with E-state index in [9.17, 15) is 25.0 Å². The third-order valence-corrected chi connectivity index (χ3v) is 4.45. The first-order chi connectivity index (χ1) is 14.8. The van der Waals surface area contributed by atoms with Gasteiger partial charge in [-0.15, -0.1) is 0 Å². The summed E-state index contributed by atoms with van der Waals surface area (Å²) < 4.78 is 12.3. The predicted octanol–water partition coefficient (Wildman–Crippen LogP) is 2.92. The third-order valence-electron chi connectivity index (χ3n) is 4.45. The Bertz CT molecular complexity index is 1130. The van der Waals surface area contributed by atoms with Crippen LogP contribution in [0, 0.1) is 34.1 Å². The first kappa shape index (κ1) is 21.5. The largest absolute Gasteiger partial charge is 0.479 e. The summed E-state index contributed by atoms with van der Waals surface area (Å²) in [6.07, 6.45) is 0. The summed E-state index contributed by atoms with van der Waals surface area (Å²) in [6, 6.07) is 8.94. The van der Waals surface area contributed by atoms with Crippen molar-refractivity contribution in [1.29, 1.82) is 0 Å². The number of nitro benzene ring substituents is 1. The quantitative estimate of drug-likeness (QED) is 0.402. The zero-order chi connectivity index (χ0) is 22.5. The summed E-state index contributed by atoms with van der Waals surface area (Å²) in [7, 11) is 0. The monoisotopic (exact) mass is 429 g/mol. The fourth-order valence-corrected chi connectivity index (χ4v) is 2.99. The molecule has 0 atom stereocenters. The van der Waals surface area contributed by atoms with Crippen LogP contribution in [-0.2, 0) is 13.2 Å². The molecule has 1 N–H and O–H groups in total. The Labute approximate surface area is 175 Å². The van der Waals surface area contributed by atoms with Gasteiger partial charge >= 0.3 is 11.4 Å². The Hall–Kier alpha value is -4.22. The molecule has 12 nitrogen and oxygen atoms in total. The number of amides is 1. The van der Waals surface area contributed by atoms with E-state index in [2.05, 4.69) is 10.4 Å². The van der Waals surface area contributed by atoms with Crippen LogP contribution >= 0.6 is 0 Å². The van der Waals surface area contributed by atoms with E-state index < -0.39 is 15.8 Å². The molecule has 0 saturated carbocycles. The molecule has 3 aromatic rings. The topological polar surface area (TPSA) is 156 Å². The minimum Gasteiger partial charge on any atom is -0.479 e. The van der Waals surface area contributed by atoms with Crippen LogP contribution in [-0.4, -0.2) is 32.1 Å². The summed E-state index contributed by atoms with van der Waals surface area (Å²) in [4.78, 5) is 33.3. The average Bonchev–Trinajstić information content (AvgIpc) is 3.31. The van der Waals surface area contributed by atoms with E-state index >= 15 is 0 Å². The van der Waals surface area contributed by atoms with Gasteiger partial charge in [0.25, 0.3) is 5.91 Å². The maximum atomic E-state index is 12.3. The van der Waals surface area contributed by atoms with Gasteiger partial charge < -0.3 is 14.5 Å². The van der Waals surface area contributed by atoms with Crippen molar-refractivity contribution in [2.24, 2.45) is 0 Å². The molecule has 0 radical (unpaired) electrons. The fraction of sp³-hybridized carbons (Fsp3) is 0.263. The van der Waals surface area contributed by atoms with Crippen molar-refractivity contribution in [3.05, 3.63) is 79.5 Å². The Morgan fingerprint density at radius 1 is 1.16 bits per heavy atom. The number of carbonyl (C=O) groups excluding carboxylic acids is 1. The van der Waals surface area contributed by atoms with E-state index in [0.29, 0.717) is 17.1 Å². The molecule has 1 aromatic carbocycles. The summed E-state index contributed by atoms with van der Waals surface area (Å²) in [5.74, 6) is -0.0279. The highest BCUT2D eigenvalue weighted by atomic mass is 16.6. The van der Waals surface area contributed by atoms with E-state index in [1.807, 2.05) is 0 Å². The lowest BCUT2D eigenvalue weighted by molar-refractivity contribution is -0.386. The summed E-state index contributed by atoms with van der Waals surface area (Å²) in [6.45, 7) is 3.49. The van der Waals surface area contributed by atoms with Crippen LogP contribution in [0.3, 0.4) is 0 Å². The van der Waals surface area contributed by atoms with Gasteiger partial charge in [0.1, 0.15) is 23.8 Å².